The van der Waals surface area contributed by atoms with Crippen LogP contribution < -0.4 is 4.72 Å². The number of thiazole rings is 1. The lowest BCUT2D eigenvalue weighted by atomic mass is 9.86. The van der Waals surface area contributed by atoms with Gasteiger partial charge in [0.15, 0.2) is 5.13 Å². The monoisotopic (exact) mass is 450 g/mol. The first kappa shape index (κ1) is 19.1. The summed E-state index contributed by atoms with van der Waals surface area (Å²) in [6.45, 7) is 6.50. The van der Waals surface area contributed by atoms with E-state index in [-0.39, 0.29) is 10.3 Å². The van der Waals surface area contributed by atoms with Crippen LogP contribution in [0.4, 0.5) is 5.13 Å². The molecule has 0 aliphatic heterocycles. The SMILES string of the molecule is CC(C)(C)c1ccc(-c2csc(NS(=O)(=O)c3ccc(Br)cc3)n2)cc1. The predicted octanol–water partition coefficient (Wildman–Crippen LogP) is 5.67. The van der Waals surface area contributed by atoms with Gasteiger partial charge >= 0.3 is 0 Å². The molecule has 4 nitrogen and oxygen atoms in total. The van der Waals surface area contributed by atoms with Gasteiger partial charge < -0.3 is 0 Å². The first-order valence-corrected chi connectivity index (χ1v) is 11.2. The maximum Gasteiger partial charge on any atom is 0.263 e. The van der Waals surface area contributed by atoms with Crippen molar-refractivity contribution in [2.24, 2.45) is 0 Å². The fourth-order valence-corrected chi connectivity index (χ4v) is 4.62. The van der Waals surface area contributed by atoms with Crippen molar-refractivity contribution in [3.05, 3.63) is 63.9 Å². The van der Waals surface area contributed by atoms with Crippen LogP contribution in [0.3, 0.4) is 0 Å². The molecule has 1 aromatic heterocycles. The molecule has 0 saturated heterocycles. The van der Waals surface area contributed by atoms with Gasteiger partial charge in [-0.15, -0.1) is 11.3 Å². The second-order valence-electron chi connectivity index (χ2n) is 6.92. The Labute approximate surface area is 166 Å². The largest absolute Gasteiger partial charge is 0.263 e. The number of rotatable bonds is 4. The normalized spacial score (nSPS) is 12.2. The molecule has 0 amide bonds. The van der Waals surface area contributed by atoms with Crippen molar-refractivity contribution >= 4 is 42.4 Å². The van der Waals surface area contributed by atoms with Crippen molar-refractivity contribution in [1.29, 1.82) is 0 Å². The lowest BCUT2D eigenvalue weighted by molar-refractivity contribution is 0.590. The molecule has 0 aliphatic carbocycles. The van der Waals surface area contributed by atoms with Crippen LogP contribution in [0.15, 0.2) is 63.3 Å². The number of nitrogens with zero attached hydrogens (tertiary/aromatic N) is 1. The molecular formula is C19H19BrN2O2S2. The summed E-state index contributed by atoms with van der Waals surface area (Å²) >= 11 is 4.57. The Morgan fingerprint density at radius 2 is 1.62 bits per heavy atom. The minimum atomic E-state index is -3.65. The van der Waals surface area contributed by atoms with E-state index in [1.807, 2.05) is 17.5 Å². The molecule has 0 fully saturated rings. The molecule has 0 bridgehead atoms. The Bertz CT molecular complexity index is 1000. The Kier molecular flexibility index (Phi) is 5.23. The summed E-state index contributed by atoms with van der Waals surface area (Å²) < 4.78 is 28.3. The molecule has 3 aromatic rings. The molecule has 3 rings (SSSR count). The van der Waals surface area contributed by atoms with Crippen LogP contribution in [-0.2, 0) is 15.4 Å². The zero-order chi connectivity index (χ0) is 18.9. The number of sulfonamides is 1. The number of halogens is 1. The molecule has 0 spiro atoms. The van der Waals surface area contributed by atoms with Crippen molar-refractivity contribution in [1.82, 2.24) is 4.98 Å². The number of nitrogens with one attached hydrogen (secondary N) is 1. The summed E-state index contributed by atoms with van der Waals surface area (Å²) in [4.78, 5) is 4.62. The van der Waals surface area contributed by atoms with Gasteiger partial charge in [0, 0.05) is 15.4 Å². The third-order valence-electron chi connectivity index (χ3n) is 3.90. The summed E-state index contributed by atoms with van der Waals surface area (Å²) in [5, 5.41) is 2.20. The quantitative estimate of drug-likeness (QED) is 0.556. The average Bonchev–Trinajstić information content (AvgIpc) is 3.02. The van der Waals surface area contributed by atoms with Gasteiger partial charge in [0.25, 0.3) is 10.0 Å². The fourth-order valence-electron chi connectivity index (χ4n) is 2.38. The van der Waals surface area contributed by atoms with E-state index < -0.39 is 10.0 Å². The van der Waals surface area contributed by atoms with E-state index in [0.717, 1.165) is 15.7 Å². The molecule has 0 radical (unpaired) electrons. The minimum Gasteiger partial charge on any atom is -0.255 e. The van der Waals surface area contributed by atoms with Gasteiger partial charge in [0.2, 0.25) is 0 Å². The maximum absolute atomic E-state index is 12.5. The van der Waals surface area contributed by atoms with Gasteiger partial charge in [0.1, 0.15) is 0 Å². The summed E-state index contributed by atoms with van der Waals surface area (Å²) in [7, 11) is -3.65. The lowest BCUT2D eigenvalue weighted by Gasteiger charge is -2.18. The van der Waals surface area contributed by atoms with Crippen LogP contribution in [0.5, 0.6) is 0 Å². The van der Waals surface area contributed by atoms with Crippen LogP contribution in [0, 0.1) is 0 Å². The highest BCUT2D eigenvalue weighted by molar-refractivity contribution is 9.10. The van der Waals surface area contributed by atoms with Gasteiger partial charge in [-0.1, -0.05) is 61.0 Å². The van der Waals surface area contributed by atoms with Gasteiger partial charge in [-0.3, -0.25) is 4.72 Å². The van der Waals surface area contributed by atoms with Crippen LogP contribution in [0.25, 0.3) is 11.3 Å². The summed E-state index contributed by atoms with van der Waals surface area (Å²) in [5.74, 6) is 0. The number of hydrogen-bond acceptors (Lipinski definition) is 4. The Hall–Kier alpha value is -1.70. The van der Waals surface area contributed by atoms with E-state index in [9.17, 15) is 8.42 Å². The molecule has 1 N–H and O–H groups in total. The number of benzene rings is 2. The summed E-state index contributed by atoms with van der Waals surface area (Å²) in [6.07, 6.45) is 0. The molecular weight excluding hydrogens is 432 g/mol. The van der Waals surface area contributed by atoms with Gasteiger partial charge in [-0.25, -0.2) is 13.4 Å². The van der Waals surface area contributed by atoms with Crippen LogP contribution in [-0.4, -0.2) is 13.4 Å². The molecule has 0 atom stereocenters. The predicted molar refractivity (Wildman–Crippen MR) is 111 cm³/mol. The third-order valence-corrected chi connectivity index (χ3v) is 6.67. The highest BCUT2D eigenvalue weighted by atomic mass is 79.9. The smallest absolute Gasteiger partial charge is 0.255 e. The third kappa shape index (κ3) is 4.34. The fraction of sp³-hybridized carbons (Fsp3) is 0.211. The standard InChI is InChI=1S/C19H19BrN2O2S2/c1-19(2,3)14-6-4-13(5-7-14)17-12-25-18(21-17)22-26(23,24)16-10-8-15(20)9-11-16/h4-12H,1-3H3,(H,21,22). The van der Waals surface area contributed by atoms with Crippen molar-refractivity contribution in [2.45, 2.75) is 31.1 Å². The molecule has 0 saturated carbocycles. The van der Waals surface area contributed by atoms with Gasteiger partial charge in [-0.05, 0) is 35.2 Å². The van der Waals surface area contributed by atoms with E-state index in [2.05, 4.69) is 58.5 Å². The van der Waals surface area contributed by atoms with E-state index >= 15 is 0 Å². The highest BCUT2D eigenvalue weighted by Crippen LogP contribution is 2.29. The zero-order valence-electron chi connectivity index (χ0n) is 14.7. The highest BCUT2D eigenvalue weighted by Gasteiger charge is 2.17. The molecule has 0 unspecified atom stereocenters. The minimum absolute atomic E-state index is 0.0894. The van der Waals surface area contributed by atoms with E-state index in [1.54, 1.807) is 24.3 Å². The van der Waals surface area contributed by atoms with E-state index in [1.165, 1.54) is 16.9 Å². The van der Waals surface area contributed by atoms with Crippen LogP contribution in [0.2, 0.25) is 0 Å². The molecule has 26 heavy (non-hydrogen) atoms. The Balaban J connectivity index is 1.80. The van der Waals surface area contributed by atoms with Crippen molar-refractivity contribution in [2.75, 3.05) is 4.72 Å². The zero-order valence-corrected chi connectivity index (χ0v) is 17.9. The Morgan fingerprint density at radius 1 is 1.00 bits per heavy atom. The molecule has 0 aliphatic rings. The number of anilines is 1. The molecule has 2 aromatic carbocycles. The van der Waals surface area contributed by atoms with Crippen molar-refractivity contribution in [3.8, 4) is 11.3 Å². The molecule has 1 heterocycles. The topological polar surface area (TPSA) is 59.1 Å². The van der Waals surface area contributed by atoms with Gasteiger partial charge in [-0.2, -0.15) is 0 Å². The molecule has 136 valence electrons. The number of hydrogen-bond donors (Lipinski definition) is 1. The van der Waals surface area contributed by atoms with Crippen molar-refractivity contribution < 1.29 is 8.42 Å². The first-order chi connectivity index (χ1) is 12.1. The van der Waals surface area contributed by atoms with Gasteiger partial charge in [0.05, 0.1) is 10.6 Å². The summed E-state index contributed by atoms with van der Waals surface area (Å²) in [5.41, 5.74) is 3.05. The number of aromatic nitrogens is 1. The second-order valence-corrected chi connectivity index (χ2v) is 10.4. The maximum atomic E-state index is 12.5. The van der Waals surface area contributed by atoms with Crippen LogP contribution in [0.1, 0.15) is 26.3 Å². The van der Waals surface area contributed by atoms with Crippen molar-refractivity contribution in [3.63, 3.8) is 0 Å². The molecule has 7 heteroatoms. The Morgan fingerprint density at radius 3 is 2.19 bits per heavy atom. The first-order valence-electron chi connectivity index (χ1n) is 8.00. The van der Waals surface area contributed by atoms with E-state index in [4.69, 9.17) is 0 Å². The lowest BCUT2D eigenvalue weighted by Crippen LogP contribution is -2.12. The average molecular weight is 451 g/mol. The van der Waals surface area contributed by atoms with Crippen LogP contribution >= 0.6 is 27.3 Å². The van der Waals surface area contributed by atoms with E-state index in [0.29, 0.717) is 5.13 Å². The summed E-state index contributed by atoms with van der Waals surface area (Å²) in [6, 6.07) is 14.7. The second kappa shape index (κ2) is 7.13.